The van der Waals surface area contributed by atoms with Crippen LogP contribution < -0.4 is 10.6 Å². The molecular formula is C18H17N5O. The number of anilines is 1. The number of hydrogen-bond acceptors (Lipinski definition) is 4. The van der Waals surface area contributed by atoms with E-state index in [4.69, 9.17) is 0 Å². The third kappa shape index (κ3) is 2.74. The first-order chi connectivity index (χ1) is 11.8. The van der Waals surface area contributed by atoms with Gasteiger partial charge in [-0.3, -0.25) is 4.79 Å². The van der Waals surface area contributed by atoms with E-state index in [9.17, 15) is 4.79 Å². The molecule has 0 fully saturated rings. The van der Waals surface area contributed by atoms with Gasteiger partial charge in [0, 0.05) is 17.8 Å². The maximum atomic E-state index is 11.9. The van der Waals surface area contributed by atoms with Crippen molar-refractivity contribution in [2.24, 2.45) is 0 Å². The van der Waals surface area contributed by atoms with E-state index < -0.39 is 0 Å². The molecule has 2 heterocycles. The van der Waals surface area contributed by atoms with Gasteiger partial charge in [0.2, 0.25) is 0 Å². The Labute approximate surface area is 139 Å². The van der Waals surface area contributed by atoms with Gasteiger partial charge in [0.05, 0.1) is 12.2 Å². The van der Waals surface area contributed by atoms with Crippen molar-refractivity contribution in [3.8, 4) is 5.69 Å². The van der Waals surface area contributed by atoms with Crippen LogP contribution in [0.2, 0.25) is 0 Å². The molecule has 4 rings (SSSR count). The van der Waals surface area contributed by atoms with Gasteiger partial charge in [-0.05, 0) is 36.2 Å². The van der Waals surface area contributed by atoms with Gasteiger partial charge >= 0.3 is 0 Å². The largest absolute Gasteiger partial charge is 0.377 e. The maximum absolute atomic E-state index is 11.9. The lowest BCUT2D eigenvalue weighted by molar-refractivity contribution is 0.0946. The third-order valence-corrected chi connectivity index (χ3v) is 4.08. The summed E-state index contributed by atoms with van der Waals surface area (Å²) < 4.78 is 1.75. The van der Waals surface area contributed by atoms with Crippen LogP contribution in [0, 0.1) is 0 Å². The molecule has 0 saturated carbocycles. The number of nitrogens with zero attached hydrogens (tertiary/aromatic N) is 3. The molecule has 1 aromatic heterocycles. The zero-order valence-corrected chi connectivity index (χ0v) is 13.1. The van der Waals surface area contributed by atoms with Crippen LogP contribution in [0.4, 0.5) is 5.69 Å². The number of carbonyl (C=O) groups is 1. The number of carbonyl (C=O) groups excluding carboxylic acids is 1. The summed E-state index contributed by atoms with van der Waals surface area (Å²) in [4.78, 5) is 16.3. The van der Waals surface area contributed by atoms with Crippen LogP contribution in [0.3, 0.4) is 0 Å². The van der Waals surface area contributed by atoms with E-state index in [0.717, 1.165) is 28.9 Å². The predicted molar refractivity (Wildman–Crippen MR) is 91.2 cm³/mol. The second-order valence-electron chi connectivity index (χ2n) is 5.63. The molecular weight excluding hydrogens is 302 g/mol. The van der Waals surface area contributed by atoms with E-state index >= 15 is 0 Å². The van der Waals surface area contributed by atoms with Gasteiger partial charge in [-0.2, -0.15) is 0 Å². The summed E-state index contributed by atoms with van der Waals surface area (Å²) in [6.07, 6.45) is 2.54. The standard InChI is InChI=1S/C18H17N5O/c24-18-15-7-4-8-16(14(15)9-10-19-18)20-11-17-21-12-23(22-17)13-5-2-1-3-6-13/h1-8,12,20H,9-11H2,(H,19,24). The summed E-state index contributed by atoms with van der Waals surface area (Å²) in [5.41, 5.74) is 3.75. The van der Waals surface area contributed by atoms with E-state index in [1.807, 2.05) is 48.5 Å². The Morgan fingerprint density at radius 1 is 1.12 bits per heavy atom. The van der Waals surface area contributed by atoms with Gasteiger partial charge in [-0.15, -0.1) is 5.10 Å². The molecule has 0 spiro atoms. The highest BCUT2D eigenvalue weighted by molar-refractivity contribution is 5.98. The Bertz CT molecular complexity index is 872. The first-order valence-electron chi connectivity index (χ1n) is 7.91. The molecule has 6 nitrogen and oxygen atoms in total. The van der Waals surface area contributed by atoms with Crippen molar-refractivity contribution in [1.82, 2.24) is 20.1 Å². The summed E-state index contributed by atoms with van der Waals surface area (Å²) in [5, 5.41) is 10.7. The highest BCUT2D eigenvalue weighted by Crippen LogP contribution is 2.23. The van der Waals surface area contributed by atoms with Gasteiger partial charge in [0.25, 0.3) is 5.91 Å². The Balaban J connectivity index is 1.51. The normalized spacial score (nSPS) is 13.2. The highest BCUT2D eigenvalue weighted by Gasteiger charge is 2.19. The molecule has 0 bridgehead atoms. The number of amides is 1. The first-order valence-corrected chi connectivity index (χ1v) is 7.91. The summed E-state index contributed by atoms with van der Waals surface area (Å²) in [5.74, 6) is 0.697. The van der Waals surface area contributed by atoms with Gasteiger partial charge in [-0.25, -0.2) is 9.67 Å². The SMILES string of the molecule is O=C1NCCc2c(NCc3ncn(-c4ccccc4)n3)cccc21. The average Bonchev–Trinajstić information content (AvgIpc) is 3.10. The monoisotopic (exact) mass is 319 g/mol. The van der Waals surface area contributed by atoms with Crippen molar-refractivity contribution >= 4 is 11.6 Å². The molecule has 6 heteroatoms. The molecule has 0 aliphatic carbocycles. The fraction of sp³-hybridized carbons (Fsp3) is 0.167. The lowest BCUT2D eigenvalue weighted by Crippen LogP contribution is -2.32. The first kappa shape index (κ1) is 14.4. The Kier molecular flexibility index (Phi) is 3.70. The summed E-state index contributed by atoms with van der Waals surface area (Å²) in [7, 11) is 0. The van der Waals surface area contributed by atoms with Crippen molar-refractivity contribution in [2.45, 2.75) is 13.0 Å². The van der Waals surface area contributed by atoms with Crippen LogP contribution in [0.1, 0.15) is 21.7 Å². The van der Waals surface area contributed by atoms with Gasteiger partial charge in [0.15, 0.2) is 5.82 Å². The highest BCUT2D eigenvalue weighted by atomic mass is 16.1. The van der Waals surface area contributed by atoms with E-state index in [-0.39, 0.29) is 5.91 Å². The minimum atomic E-state index is -0.00798. The predicted octanol–water partition coefficient (Wildman–Crippen LogP) is 2.17. The minimum Gasteiger partial charge on any atom is -0.377 e. The number of rotatable bonds is 4. The number of nitrogens with one attached hydrogen (secondary N) is 2. The Morgan fingerprint density at radius 3 is 2.88 bits per heavy atom. The van der Waals surface area contributed by atoms with Crippen LogP contribution >= 0.6 is 0 Å². The van der Waals surface area contributed by atoms with E-state index in [0.29, 0.717) is 18.9 Å². The third-order valence-electron chi connectivity index (χ3n) is 4.08. The van der Waals surface area contributed by atoms with Crippen molar-refractivity contribution in [2.75, 3.05) is 11.9 Å². The molecule has 0 unspecified atom stereocenters. The van der Waals surface area contributed by atoms with Crippen molar-refractivity contribution in [3.05, 3.63) is 71.8 Å². The summed E-state index contributed by atoms with van der Waals surface area (Å²) in [6.45, 7) is 1.18. The molecule has 1 amide bonds. The molecule has 120 valence electrons. The van der Waals surface area contributed by atoms with Crippen molar-refractivity contribution < 1.29 is 4.79 Å². The number of aromatic nitrogens is 3. The minimum absolute atomic E-state index is 0.00798. The number of benzene rings is 2. The maximum Gasteiger partial charge on any atom is 0.251 e. The molecule has 0 radical (unpaired) electrons. The number of fused-ring (bicyclic) bond motifs is 1. The van der Waals surface area contributed by atoms with Gasteiger partial charge in [-0.1, -0.05) is 24.3 Å². The molecule has 0 saturated heterocycles. The second-order valence-corrected chi connectivity index (χ2v) is 5.63. The van der Waals surface area contributed by atoms with Crippen LogP contribution in [0.25, 0.3) is 5.69 Å². The fourth-order valence-electron chi connectivity index (χ4n) is 2.89. The van der Waals surface area contributed by atoms with Crippen LogP contribution in [0.5, 0.6) is 0 Å². The van der Waals surface area contributed by atoms with Crippen molar-refractivity contribution in [1.29, 1.82) is 0 Å². The van der Waals surface area contributed by atoms with Crippen LogP contribution in [-0.4, -0.2) is 27.2 Å². The van der Waals surface area contributed by atoms with Crippen LogP contribution in [-0.2, 0) is 13.0 Å². The van der Waals surface area contributed by atoms with E-state index in [1.54, 1.807) is 11.0 Å². The molecule has 1 aliphatic heterocycles. The lowest BCUT2D eigenvalue weighted by Gasteiger charge is -2.20. The number of hydrogen-bond donors (Lipinski definition) is 2. The quantitative estimate of drug-likeness (QED) is 0.773. The zero-order valence-electron chi connectivity index (χ0n) is 13.1. The van der Waals surface area contributed by atoms with Crippen LogP contribution in [0.15, 0.2) is 54.9 Å². The van der Waals surface area contributed by atoms with Gasteiger partial charge in [0.1, 0.15) is 6.33 Å². The van der Waals surface area contributed by atoms with Gasteiger partial charge < -0.3 is 10.6 Å². The molecule has 2 aromatic carbocycles. The second kappa shape index (κ2) is 6.16. The lowest BCUT2D eigenvalue weighted by atomic mass is 9.98. The topological polar surface area (TPSA) is 71.8 Å². The van der Waals surface area contributed by atoms with Crippen molar-refractivity contribution in [3.63, 3.8) is 0 Å². The van der Waals surface area contributed by atoms with E-state index in [1.165, 1.54) is 0 Å². The van der Waals surface area contributed by atoms with E-state index in [2.05, 4.69) is 20.7 Å². The Morgan fingerprint density at radius 2 is 2.00 bits per heavy atom. The average molecular weight is 319 g/mol. The smallest absolute Gasteiger partial charge is 0.251 e. The number of para-hydroxylation sites is 1. The molecule has 2 N–H and O–H groups in total. The molecule has 24 heavy (non-hydrogen) atoms. The summed E-state index contributed by atoms with van der Waals surface area (Å²) >= 11 is 0. The Hall–Kier alpha value is -3.15. The summed E-state index contributed by atoms with van der Waals surface area (Å²) in [6, 6.07) is 15.6. The molecule has 3 aromatic rings. The zero-order chi connectivity index (χ0) is 16.4. The molecule has 1 aliphatic rings. The fourth-order valence-corrected chi connectivity index (χ4v) is 2.89. The molecule has 0 atom stereocenters.